The quantitative estimate of drug-likeness (QED) is 0.695. The molecule has 3 rings (SSSR count). The third kappa shape index (κ3) is 4.04. The highest BCUT2D eigenvalue weighted by Crippen LogP contribution is 2.26. The second-order valence-electron chi connectivity index (χ2n) is 5.47. The molecule has 0 aliphatic carbocycles. The molecule has 0 aliphatic rings. The molecular formula is C18H16N4O3S. The third-order valence-electron chi connectivity index (χ3n) is 3.65. The van der Waals surface area contributed by atoms with Gasteiger partial charge >= 0.3 is 0 Å². The maximum absolute atomic E-state index is 12.6. The molecule has 0 aliphatic heterocycles. The maximum atomic E-state index is 12.6. The van der Waals surface area contributed by atoms with Crippen molar-refractivity contribution >= 4 is 29.0 Å². The molecule has 0 bridgehead atoms. The first-order chi connectivity index (χ1) is 12.6. The second kappa shape index (κ2) is 7.75. The fraction of sp³-hybridized carbons (Fsp3) is 0.111. The van der Waals surface area contributed by atoms with Crippen LogP contribution in [0.2, 0.25) is 0 Å². The van der Waals surface area contributed by atoms with Gasteiger partial charge in [-0.05, 0) is 53.5 Å². The van der Waals surface area contributed by atoms with E-state index in [0.717, 1.165) is 28.4 Å². The Bertz CT molecular complexity index is 920. The lowest BCUT2D eigenvalue weighted by molar-refractivity contribution is -0.117. The van der Waals surface area contributed by atoms with Crippen LogP contribution in [-0.2, 0) is 11.2 Å². The Morgan fingerprint density at radius 3 is 2.42 bits per heavy atom. The van der Waals surface area contributed by atoms with Gasteiger partial charge in [0.2, 0.25) is 5.91 Å². The molecule has 0 saturated heterocycles. The minimum Gasteiger partial charge on any atom is -0.497 e. The van der Waals surface area contributed by atoms with Gasteiger partial charge in [-0.25, -0.2) is 0 Å². The van der Waals surface area contributed by atoms with Gasteiger partial charge in [0.25, 0.3) is 5.91 Å². The van der Waals surface area contributed by atoms with Crippen LogP contribution in [0.3, 0.4) is 0 Å². The molecule has 3 N–H and O–H groups in total. The average Bonchev–Trinajstić information content (AvgIpc) is 3.13. The summed E-state index contributed by atoms with van der Waals surface area (Å²) in [5.41, 5.74) is 7.86. The van der Waals surface area contributed by atoms with Gasteiger partial charge in [0, 0.05) is 11.3 Å². The van der Waals surface area contributed by atoms with E-state index in [4.69, 9.17) is 10.5 Å². The van der Waals surface area contributed by atoms with Crippen molar-refractivity contribution in [3.8, 4) is 17.0 Å². The Kier molecular flexibility index (Phi) is 5.23. The van der Waals surface area contributed by atoms with Crippen LogP contribution in [0.4, 0.5) is 5.69 Å². The number of anilines is 1. The number of methoxy groups -OCH3 is 1. The number of hydrogen-bond acceptors (Lipinski definition) is 6. The molecular weight excluding hydrogens is 352 g/mol. The summed E-state index contributed by atoms with van der Waals surface area (Å²) in [6.45, 7) is 0. The van der Waals surface area contributed by atoms with Gasteiger partial charge < -0.3 is 15.8 Å². The van der Waals surface area contributed by atoms with Crippen LogP contribution in [0, 0.1) is 0 Å². The van der Waals surface area contributed by atoms with E-state index in [-0.39, 0.29) is 12.3 Å². The van der Waals surface area contributed by atoms with Crippen molar-refractivity contribution in [1.82, 2.24) is 9.59 Å². The number of hydrogen-bond donors (Lipinski definition) is 2. The fourth-order valence-corrected chi connectivity index (χ4v) is 2.96. The summed E-state index contributed by atoms with van der Waals surface area (Å²) < 4.78 is 9.03. The number of nitrogens with one attached hydrogen (secondary N) is 1. The Balaban J connectivity index is 1.76. The van der Waals surface area contributed by atoms with Crippen molar-refractivity contribution in [3.05, 3.63) is 59.0 Å². The zero-order valence-electron chi connectivity index (χ0n) is 13.9. The van der Waals surface area contributed by atoms with Crippen LogP contribution >= 0.6 is 11.5 Å². The number of primary amides is 1. The van der Waals surface area contributed by atoms with Gasteiger partial charge in [-0.1, -0.05) is 16.6 Å². The van der Waals surface area contributed by atoms with E-state index in [2.05, 4.69) is 14.9 Å². The number of aromatic nitrogens is 2. The number of nitrogens with two attached hydrogens (primary N) is 1. The van der Waals surface area contributed by atoms with Crippen molar-refractivity contribution in [2.45, 2.75) is 6.42 Å². The number of amides is 2. The van der Waals surface area contributed by atoms with Crippen LogP contribution in [-0.4, -0.2) is 28.5 Å². The number of benzene rings is 2. The SMILES string of the molecule is COc1ccc(-c2nnsc2C(=O)Nc2ccc(CC(N)=O)cc2)cc1. The van der Waals surface area contributed by atoms with Crippen LogP contribution in [0.1, 0.15) is 15.2 Å². The second-order valence-corrected chi connectivity index (χ2v) is 6.23. The van der Waals surface area contributed by atoms with Gasteiger partial charge in [-0.3, -0.25) is 9.59 Å². The van der Waals surface area contributed by atoms with Crippen LogP contribution < -0.4 is 15.8 Å². The maximum Gasteiger partial charge on any atom is 0.269 e. The Morgan fingerprint density at radius 2 is 1.81 bits per heavy atom. The van der Waals surface area contributed by atoms with E-state index in [1.54, 1.807) is 43.5 Å². The number of carbonyl (C=O) groups excluding carboxylic acids is 2. The largest absolute Gasteiger partial charge is 0.497 e. The van der Waals surface area contributed by atoms with Gasteiger partial charge in [-0.15, -0.1) is 5.10 Å². The highest BCUT2D eigenvalue weighted by atomic mass is 32.1. The predicted octanol–water partition coefficient (Wildman–Crippen LogP) is 2.49. The first kappa shape index (κ1) is 17.6. The minimum atomic E-state index is -0.401. The highest BCUT2D eigenvalue weighted by molar-refractivity contribution is 7.08. The fourth-order valence-electron chi connectivity index (χ4n) is 2.37. The molecule has 1 aromatic heterocycles. The van der Waals surface area contributed by atoms with Gasteiger partial charge in [0.15, 0.2) is 0 Å². The summed E-state index contributed by atoms with van der Waals surface area (Å²) >= 11 is 1.03. The van der Waals surface area contributed by atoms with Crippen molar-refractivity contribution in [1.29, 1.82) is 0 Å². The standard InChI is InChI=1S/C18H16N4O3S/c1-25-14-8-4-12(5-9-14)16-17(26-22-21-16)18(24)20-13-6-2-11(3-7-13)10-15(19)23/h2-9H,10H2,1H3,(H2,19,23)(H,20,24). The number of carbonyl (C=O) groups is 2. The molecule has 0 atom stereocenters. The van der Waals surface area contributed by atoms with Gasteiger partial charge in [0.1, 0.15) is 16.3 Å². The monoisotopic (exact) mass is 368 g/mol. The number of nitrogens with zero attached hydrogens (tertiary/aromatic N) is 2. The van der Waals surface area contributed by atoms with E-state index in [1.807, 2.05) is 12.1 Å². The molecule has 0 radical (unpaired) electrons. The summed E-state index contributed by atoms with van der Waals surface area (Å²) in [6.07, 6.45) is 0.161. The van der Waals surface area contributed by atoms with Crippen LogP contribution in [0.5, 0.6) is 5.75 Å². The Hall–Kier alpha value is -3.26. The van der Waals surface area contributed by atoms with Crippen molar-refractivity contribution < 1.29 is 14.3 Å². The molecule has 7 nitrogen and oxygen atoms in total. The van der Waals surface area contributed by atoms with Crippen molar-refractivity contribution in [2.24, 2.45) is 5.73 Å². The summed E-state index contributed by atoms with van der Waals surface area (Å²) in [5, 5.41) is 6.88. The lowest BCUT2D eigenvalue weighted by atomic mass is 10.1. The Labute approximate surface area is 154 Å². The average molecular weight is 368 g/mol. The molecule has 0 unspecified atom stereocenters. The van der Waals surface area contributed by atoms with E-state index >= 15 is 0 Å². The van der Waals surface area contributed by atoms with Crippen LogP contribution in [0.15, 0.2) is 48.5 Å². The molecule has 3 aromatic rings. The zero-order valence-corrected chi connectivity index (χ0v) is 14.7. The van der Waals surface area contributed by atoms with Crippen LogP contribution in [0.25, 0.3) is 11.3 Å². The molecule has 1 heterocycles. The van der Waals surface area contributed by atoms with E-state index in [1.165, 1.54) is 0 Å². The smallest absolute Gasteiger partial charge is 0.269 e. The lowest BCUT2D eigenvalue weighted by Crippen LogP contribution is -2.14. The van der Waals surface area contributed by atoms with E-state index in [0.29, 0.717) is 16.3 Å². The molecule has 26 heavy (non-hydrogen) atoms. The molecule has 2 aromatic carbocycles. The molecule has 2 amide bonds. The summed E-state index contributed by atoms with van der Waals surface area (Å²) in [5.74, 6) is 0.0223. The summed E-state index contributed by atoms with van der Waals surface area (Å²) in [7, 11) is 1.59. The molecule has 8 heteroatoms. The molecule has 0 saturated carbocycles. The van der Waals surface area contributed by atoms with Crippen molar-refractivity contribution in [2.75, 3.05) is 12.4 Å². The zero-order chi connectivity index (χ0) is 18.5. The highest BCUT2D eigenvalue weighted by Gasteiger charge is 2.18. The first-order valence-corrected chi connectivity index (χ1v) is 8.49. The minimum absolute atomic E-state index is 0.161. The lowest BCUT2D eigenvalue weighted by Gasteiger charge is -2.06. The normalized spacial score (nSPS) is 10.3. The summed E-state index contributed by atoms with van der Waals surface area (Å²) in [4.78, 5) is 23.9. The van der Waals surface area contributed by atoms with E-state index in [9.17, 15) is 9.59 Å². The van der Waals surface area contributed by atoms with Crippen molar-refractivity contribution in [3.63, 3.8) is 0 Å². The summed E-state index contributed by atoms with van der Waals surface area (Å²) in [6, 6.07) is 14.2. The number of rotatable bonds is 6. The topological polar surface area (TPSA) is 107 Å². The third-order valence-corrected chi connectivity index (χ3v) is 4.37. The number of ether oxygens (including phenoxy) is 1. The van der Waals surface area contributed by atoms with Gasteiger partial charge in [-0.2, -0.15) is 0 Å². The molecule has 0 spiro atoms. The Morgan fingerprint density at radius 1 is 1.12 bits per heavy atom. The predicted molar refractivity (Wildman–Crippen MR) is 99.2 cm³/mol. The molecule has 132 valence electrons. The van der Waals surface area contributed by atoms with E-state index < -0.39 is 5.91 Å². The molecule has 0 fully saturated rings. The first-order valence-electron chi connectivity index (χ1n) is 7.72. The van der Waals surface area contributed by atoms with Gasteiger partial charge in [0.05, 0.1) is 13.5 Å².